The van der Waals surface area contributed by atoms with Gasteiger partial charge >= 0.3 is 6.09 Å². The van der Waals surface area contributed by atoms with Crippen molar-refractivity contribution < 1.29 is 14.6 Å². The SMILES string of the molecule is CC(C)(C)OC(=O)NC[C@@H]1CNC[C@H]1O. The molecule has 0 aromatic rings. The second-order valence-electron chi connectivity index (χ2n) is 4.87. The molecule has 15 heavy (non-hydrogen) atoms. The van der Waals surface area contributed by atoms with Crippen LogP contribution >= 0.6 is 0 Å². The van der Waals surface area contributed by atoms with Gasteiger partial charge in [0.2, 0.25) is 0 Å². The van der Waals surface area contributed by atoms with Crippen molar-refractivity contribution in [1.82, 2.24) is 10.6 Å². The van der Waals surface area contributed by atoms with Gasteiger partial charge in [-0.05, 0) is 20.8 Å². The molecule has 0 unspecified atom stereocenters. The molecule has 0 aromatic carbocycles. The van der Waals surface area contributed by atoms with Crippen LogP contribution in [0, 0.1) is 5.92 Å². The van der Waals surface area contributed by atoms with E-state index in [0.717, 1.165) is 6.54 Å². The number of aliphatic hydroxyl groups excluding tert-OH is 1. The van der Waals surface area contributed by atoms with Gasteiger partial charge in [0.25, 0.3) is 0 Å². The van der Waals surface area contributed by atoms with E-state index in [-0.39, 0.29) is 12.0 Å². The molecule has 0 bridgehead atoms. The first-order chi connectivity index (χ1) is 6.88. The molecule has 1 aliphatic heterocycles. The third kappa shape index (κ3) is 4.48. The lowest BCUT2D eigenvalue weighted by atomic mass is 10.1. The summed E-state index contributed by atoms with van der Waals surface area (Å²) in [6.45, 7) is 7.23. The van der Waals surface area contributed by atoms with Crippen molar-refractivity contribution in [2.75, 3.05) is 19.6 Å². The molecule has 1 aliphatic rings. The lowest BCUT2D eigenvalue weighted by Gasteiger charge is -2.21. The summed E-state index contributed by atoms with van der Waals surface area (Å²) in [5, 5.41) is 15.2. The molecule has 0 radical (unpaired) electrons. The molecular formula is C10H20N2O3. The minimum Gasteiger partial charge on any atom is -0.444 e. The van der Waals surface area contributed by atoms with E-state index in [9.17, 15) is 9.90 Å². The average molecular weight is 216 g/mol. The Labute approximate surface area is 90.2 Å². The van der Waals surface area contributed by atoms with E-state index >= 15 is 0 Å². The molecule has 5 nitrogen and oxygen atoms in total. The number of β-amino-alcohol motifs (C(OH)–C–C–N with tert-alkyl or cyclic N) is 1. The number of hydrogen-bond donors (Lipinski definition) is 3. The molecule has 88 valence electrons. The predicted octanol–water partition coefficient (Wildman–Crippen LogP) is 0.0914. The molecule has 1 rings (SSSR count). The van der Waals surface area contributed by atoms with Crippen LogP contribution in [0.1, 0.15) is 20.8 Å². The van der Waals surface area contributed by atoms with Crippen LogP contribution in [0.25, 0.3) is 0 Å². The summed E-state index contributed by atoms with van der Waals surface area (Å²) in [6, 6.07) is 0. The van der Waals surface area contributed by atoms with Gasteiger partial charge in [-0.3, -0.25) is 0 Å². The third-order valence-corrected chi connectivity index (χ3v) is 2.21. The van der Waals surface area contributed by atoms with Gasteiger partial charge in [0.1, 0.15) is 5.60 Å². The summed E-state index contributed by atoms with van der Waals surface area (Å²) in [5.74, 6) is 0.0810. The van der Waals surface area contributed by atoms with Crippen molar-refractivity contribution in [3.05, 3.63) is 0 Å². The highest BCUT2D eigenvalue weighted by Crippen LogP contribution is 2.09. The molecular weight excluding hydrogens is 196 g/mol. The van der Waals surface area contributed by atoms with Gasteiger partial charge in [-0.15, -0.1) is 0 Å². The number of carbonyl (C=O) groups is 1. The van der Waals surface area contributed by atoms with Crippen LogP contribution in [-0.2, 0) is 4.74 Å². The van der Waals surface area contributed by atoms with Gasteiger partial charge in [-0.2, -0.15) is 0 Å². The first-order valence-electron chi connectivity index (χ1n) is 5.24. The van der Waals surface area contributed by atoms with Crippen molar-refractivity contribution in [3.63, 3.8) is 0 Å². The first kappa shape index (κ1) is 12.3. The highest BCUT2D eigenvalue weighted by atomic mass is 16.6. The maximum Gasteiger partial charge on any atom is 0.407 e. The molecule has 3 N–H and O–H groups in total. The summed E-state index contributed by atoms with van der Waals surface area (Å²) >= 11 is 0. The summed E-state index contributed by atoms with van der Waals surface area (Å²) in [6.07, 6.45) is -0.804. The van der Waals surface area contributed by atoms with E-state index in [0.29, 0.717) is 13.1 Å². The first-order valence-corrected chi connectivity index (χ1v) is 5.24. The number of aliphatic hydroxyl groups is 1. The molecule has 0 aliphatic carbocycles. The number of rotatable bonds is 2. The summed E-state index contributed by atoms with van der Waals surface area (Å²) in [5.41, 5.74) is -0.476. The fourth-order valence-electron chi connectivity index (χ4n) is 1.46. The fourth-order valence-corrected chi connectivity index (χ4v) is 1.46. The van der Waals surface area contributed by atoms with Crippen molar-refractivity contribution >= 4 is 6.09 Å². The molecule has 5 heteroatoms. The van der Waals surface area contributed by atoms with E-state index in [4.69, 9.17) is 4.74 Å². The van der Waals surface area contributed by atoms with Gasteiger partial charge < -0.3 is 20.5 Å². The zero-order valence-corrected chi connectivity index (χ0v) is 9.54. The predicted molar refractivity (Wildman–Crippen MR) is 56.6 cm³/mol. The smallest absolute Gasteiger partial charge is 0.407 e. The molecule has 0 aromatic heterocycles. The van der Waals surface area contributed by atoms with E-state index in [1.807, 2.05) is 20.8 Å². The summed E-state index contributed by atoms with van der Waals surface area (Å²) in [7, 11) is 0. The maximum absolute atomic E-state index is 11.3. The zero-order valence-electron chi connectivity index (χ0n) is 9.54. The van der Waals surface area contributed by atoms with Crippen LogP contribution in [0.5, 0.6) is 0 Å². The number of hydrogen-bond acceptors (Lipinski definition) is 4. The monoisotopic (exact) mass is 216 g/mol. The van der Waals surface area contributed by atoms with Crippen molar-refractivity contribution in [2.45, 2.75) is 32.5 Å². The average Bonchev–Trinajstić information content (AvgIpc) is 2.44. The topological polar surface area (TPSA) is 70.6 Å². The number of amides is 1. The lowest BCUT2D eigenvalue weighted by Crippen LogP contribution is -2.38. The van der Waals surface area contributed by atoms with E-state index in [2.05, 4.69) is 10.6 Å². The minimum atomic E-state index is -0.476. The second kappa shape index (κ2) is 4.81. The third-order valence-electron chi connectivity index (χ3n) is 2.21. The highest BCUT2D eigenvalue weighted by Gasteiger charge is 2.25. The van der Waals surface area contributed by atoms with Gasteiger partial charge in [0, 0.05) is 25.6 Å². The second-order valence-corrected chi connectivity index (χ2v) is 4.87. The van der Waals surface area contributed by atoms with Crippen LogP contribution in [0.15, 0.2) is 0 Å². The Hall–Kier alpha value is -0.810. The molecule has 1 heterocycles. The van der Waals surface area contributed by atoms with Crippen LogP contribution in [0.2, 0.25) is 0 Å². The fraction of sp³-hybridized carbons (Fsp3) is 0.900. The van der Waals surface area contributed by atoms with Crippen LogP contribution in [0.3, 0.4) is 0 Å². The Morgan fingerprint density at radius 1 is 1.53 bits per heavy atom. The summed E-state index contributed by atoms with van der Waals surface area (Å²) < 4.78 is 5.08. The lowest BCUT2D eigenvalue weighted by molar-refractivity contribution is 0.0505. The molecule has 1 fully saturated rings. The van der Waals surface area contributed by atoms with E-state index in [1.165, 1.54) is 0 Å². The molecule has 0 spiro atoms. The normalized spacial score (nSPS) is 26.4. The van der Waals surface area contributed by atoms with Crippen LogP contribution < -0.4 is 10.6 Å². The van der Waals surface area contributed by atoms with Crippen molar-refractivity contribution in [2.24, 2.45) is 5.92 Å². The number of carbonyl (C=O) groups excluding carboxylic acids is 1. The maximum atomic E-state index is 11.3. The minimum absolute atomic E-state index is 0.0810. The summed E-state index contributed by atoms with van der Waals surface area (Å²) in [4.78, 5) is 11.3. The molecule has 2 atom stereocenters. The van der Waals surface area contributed by atoms with Crippen molar-refractivity contribution in [1.29, 1.82) is 0 Å². The number of nitrogens with one attached hydrogen (secondary N) is 2. The Bertz CT molecular complexity index is 225. The zero-order chi connectivity index (χ0) is 11.5. The van der Waals surface area contributed by atoms with Gasteiger partial charge in [0.05, 0.1) is 6.10 Å². The quantitative estimate of drug-likeness (QED) is 0.612. The highest BCUT2D eigenvalue weighted by molar-refractivity contribution is 5.67. The van der Waals surface area contributed by atoms with Crippen molar-refractivity contribution in [3.8, 4) is 0 Å². The number of alkyl carbamates (subject to hydrolysis) is 1. The number of ether oxygens (including phenoxy) is 1. The van der Waals surface area contributed by atoms with Crippen LogP contribution in [-0.4, -0.2) is 42.5 Å². The molecule has 0 saturated carbocycles. The van der Waals surface area contributed by atoms with E-state index < -0.39 is 11.7 Å². The van der Waals surface area contributed by atoms with Gasteiger partial charge in [-0.1, -0.05) is 0 Å². The Balaban J connectivity index is 2.22. The Morgan fingerprint density at radius 3 is 2.67 bits per heavy atom. The molecule has 1 amide bonds. The Morgan fingerprint density at radius 2 is 2.20 bits per heavy atom. The van der Waals surface area contributed by atoms with Gasteiger partial charge in [-0.25, -0.2) is 4.79 Å². The van der Waals surface area contributed by atoms with Gasteiger partial charge in [0.15, 0.2) is 0 Å². The molecule has 1 saturated heterocycles. The Kier molecular flexibility index (Phi) is 3.93. The van der Waals surface area contributed by atoms with E-state index in [1.54, 1.807) is 0 Å². The standard InChI is InChI=1S/C10H20N2O3/c1-10(2,3)15-9(14)12-5-7-4-11-6-8(7)13/h7-8,11,13H,4-6H2,1-3H3,(H,12,14)/t7-,8+/m0/s1. The van der Waals surface area contributed by atoms with Crippen LogP contribution in [0.4, 0.5) is 4.79 Å². The largest absolute Gasteiger partial charge is 0.444 e.